The van der Waals surface area contributed by atoms with Gasteiger partial charge in [0.15, 0.2) is 17.3 Å². The lowest BCUT2D eigenvalue weighted by Gasteiger charge is -2.10. The monoisotopic (exact) mass is 393 g/mol. The van der Waals surface area contributed by atoms with Gasteiger partial charge in [-0.25, -0.2) is 9.61 Å². The molecule has 4 aromatic rings. The number of nitrogens with two attached hydrogens (primary N) is 1. The van der Waals surface area contributed by atoms with Crippen molar-refractivity contribution in [1.29, 1.82) is 0 Å². The molecule has 0 bridgehead atoms. The predicted molar refractivity (Wildman–Crippen MR) is 104 cm³/mol. The average Bonchev–Trinajstić information content (AvgIpc) is 3.25. The topological polar surface area (TPSA) is 155 Å². The Kier molecular flexibility index (Phi) is 4.39. The van der Waals surface area contributed by atoms with Gasteiger partial charge in [0.25, 0.3) is 5.69 Å². The number of nitro benzene ring substituents is 1. The molecule has 0 aliphatic heterocycles. The molecule has 11 heteroatoms. The maximum absolute atomic E-state index is 12.7. The van der Waals surface area contributed by atoms with Gasteiger partial charge in [0.05, 0.1) is 16.0 Å². The third-order valence-electron chi connectivity index (χ3n) is 4.36. The number of nitrogen functional groups attached to an aromatic ring is 1. The fourth-order valence-electron chi connectivity index (χ4n) is 3.05. The summed E-state index contributed by atoms with van der Waals surface area (Å²) in [5.41, 5.74) is 8.28. The SMILES string of the molecule is Cc1cc(NC(=O)Cn2c(-c3nonc3N)nc3ccccc32)ccc1[N+](=O)[O-]. The number of aryl methyl sites for hydroxylation is 1. The van der Waals surface area contributed by atoms with E-state index in [9.17, 15) is 14.9 Å². The van der Waals surface area contributed by atoms with Crippen molar-refractivity contribution in [2.75, 3.05) is 11.1 Å². The van der Waals surface area contributed by atoms with E-state index in [1.807, 2.05) is 18.2 Å². The molecule has 3 N–H and O–H groups in total. The van der Waals surface area contributed by atoms with Gasteiger partial charge in [-0.05, 0) is 41.5 Å². The van der Waals surface area contributed by atoms with Crippen LogP contribution in [0.1, 0.15) is 5.56 Å². The van der Waals surface area contributed by atoms with Crippen LogP contribution in [0.25, 0.3) is 22.6 Å². The summed E-state index contributed by atoms with van der Waals surface area (Å²) in [6.07, 6.45) is 0. The normalized spacial score (nSPS) is 10.9. The van der Waals surface area contributed by atoms with Crippen LogP contribution in [0.2, 0.25) is 0 Å². The molecule has 4 rings (SSSR count). The molecule has 0 atom stereocenters. The molecular formula is C18H15N7O4. The van der Waals surface area contributed by atoms with Crippen molar-refractivity contribution in [2.45, 2.75) is 13.5 Å². The number of aromatic nitrogens is 4. The highest BCUT2D eigenvalue weighted by Gasteiger charge is 2.21. The Hall–Kier alpha value is -4.28. The summed E-state index contributed by atoms with van der Waals surface area (Å²) in [6.45, 7) is 1.52. The molecule has 0 aliphatic rings. The third kappa shape index (κ3) is 3.36. The van der Waals surface area contributed by atoms with Crippen LogP contribution in [0.4, 0.5) is 17.2 Å². The fraction of sp³-hybridized carbons (Fsp3) is 0.111. The molecule has 0 unspecified atom stereocenters. The minimum atomic E-state index is -0.471. The molecule has 0 aliphatic carbocycles. The van der Waals surface area contributed by atoms with E-state index in [2.05, 4.69) is 25.2 Å². The minimum absolute atomic E-state index is 0.0140. The van der Waals surface area contributed by atoms with E-state index in [-0.39, 0.29) is 29.7 Å². The maximum atomic E-state index is 12.7. The Bertz CT molecular complexity index is 1240. The molecule has 0 saturated carbocycles. The van der Waals surface area contributed by atoms with Gasteiger partial charge < -0.3 is 15.6 Å². The van der Waals surface area contributed by atoms with Crippen LogP contribution in [0.5, 0.6) is 0 Å². The number of carbonyl (C=O) groups is 1. The molecular weight excluding hydrogens is 378 g/mol. The Balaban J connectivity index is 1.65. The lowest BCUT2D eigenvalue weighted by Crippen LogP contribution is -2.19. The molecule has 0 saturated heterocycles. The largest absolute Gasteiger partial charge is 0.379 e. The number of benzene rings is 2. The highest BCUT2D eigenvalue weighted by molar-refractivity contribution is 5.93. The van der Waals surface area contributed by atoms with Crippen LogP contribution < -0.4 is 11.1 Å². The first-order chi connectivity index (χ1) is 13.9. The number of hydrogen-bond donors (Lipinski definition) is 2. The van der Waals surface area contributed by atoms with Crippen molar-refractivity contribution in [1.82, 2.24) is 19.9 Å². The van der Waals surface area contributed by atoms with E-state index >= 15 is 0 Å². The zero-order chi connectivity index (χ0) is 20.5. The first-order valence-corrected chi connectivity index (χ1v) is 8.52. The highest BCUT2D eigenvalue weighted by atomic mass is 16.6. The fourth-order valence-corrected chi connectivity index (χ4v) is 3.05. The zero-order valence-electron chi connectivity index (χ0n) is 15.2. The van der Waals surface area contributed by atoms with E-state index in [0.717, 1.165) is 0 Å². The molecule has 29 heavy (non-hydrogen) atoms. The smallest absolute Gasteiger partial charge is 0.272 e. The zero-order valence-corrected chi connectivity index (χ0v) is 15.2. The molecule has 0 spiro atoms. The molecule has 146 valence electrons. The Labute approximate surface area is 163 Å². The lowest BCUT2D eigenvalue weighted by molar-refractivity contribution is -0.385. The Morgan fingerprint density at radius 1 is 1.28 bits per heavy atom. The van der Waals surface area contributed by atoms with Crippen molar-refractivity contribution in [3.8, 4) is 11.5 Å². The summed E-state index contributed by atoms with van der Waals surface area (Å²) in [6, 6.07) is 11.7. The summed E-state index contributed by atoms with van der Waals surface area (Å²) in [7, 11) is 0. The first kappa shape index (κ1) is 18.1. The van der Waals surface area contributed by atoms with Crippen LogP contribution in [0.3, 0.4) is 0 Å². The number of para-hydroxylation sites is 2. The van der Waals surface area contributed by atoms with Crippen molar-refractivity contribution in [3.63, 3.8) is 0 Å². The average molecular weight is 393 g/mol. The summed E-state index contributed by atoms with van der Waals surface area (Å²) in [5.74, 6) is 0.0608. The number of rotatable bonds is 5. The number of amides is 1. The summed E-state index contributed by atoms with van der Waals surface area (Å²) >= 11 is 0. The van der Waals surface area contributed by atoms with Gasteiger partial charge in [0.2, 0.25) is 5.91 Å². The first-order valence-electron chi connectivity index (χ1n) is 8.52. The molecule has 2 aromatic heterocycles. The standard InChI is InChI=1S/C18H15N7O4/c1-10-8-11(6-7-13(10)25(27)28)20-15(26)9-24-14-5-3-2-4-12(14)21-18(24)16-17(19)23-29-22-16/h2-8H,9H2,1H3,(H2,19,23)(H,20,26). The lowest BCUT2D eigenvalue weighted by atomic mass is 10.2. The van der Waals surface area contributed by atoms with Gasteiger partial charge in [-0.15, -0.1) is 0 Å². The highest BCUT2D eigenvalue weighted by Crippen LogP contribution is 2.27. The van der Waals surface area contributed by atoms with E-state index in [1.54, 1.807) is 23.6 Å². The van der Waals surface area contributed by atoms with Gasteiger partial charge in [-0.1, -0.05) is 12.1 Å². The number of carbonyl (C=O) groups excluding carboxylic acids is 1. The number of nitrogens with one attached hydrogen (secondary N) is 1. The van der Waals surface area contributed by atoms with Crippen LogP contribution in [-0.2, 0) is 11.3 Å². The van der Waals surface area contributed by atoms with Gasteiger partial charge >= 0.3 is 0 Å². The Morgan fingerprint density at radius 2 is 2.07 bits per heavy atom. The van der Waals surface area contributed by atoms with Crippen molar-refractivity contribution < 1.29 is 14.3 Å². The number of imidazole rings is 1. The van der Waals surface area contributed by atoms with Gasteiger partial charge in [-0.3, -0.25) is 14.9 Å². The minimum Gasteiger partial charge on any atom is -0.379 e. The van der Waals surface area contributed by atoms with E-state index in [1.165, 1.54) is 12.1 Å². The van der Waals surface area contributed by atoms with Crippen molar-refractivity contribution in [3.05, 3.63) is 58.1 Å². The van der Waals surface area contributed by atoms with Crippen molar-refractivity contribution >= 4 is 34.1 Å². The van der Waals surface area contributed by atoms with E-state index in [4.69, 9.17) is 5.73 Å². The molecule has 0 fully saturated rings. The number of hydrogen-bond acceptors (Lipinski definition) is 8. The van der Waals surface area contributed by atoms with Crippen LogP contribution in [0, 0.1) is 17.0 Å². The number of nitro groups is 1. The maximum Gasteiger partial charge on any atom is 0.272 e. The number of fused-ring (bicyclic) bond motifs is 1. The molecule has 2 heterocycles. The third-order valence-corrected chi connectivity index (χ3v) is 4.36. The summed E-state index contributed by atoms with van der Waals surface area (Å²) < 4.78 is 6.31. The molecule has 2 aromatic carbocycles. The van der Waals surface area contributed by atoms with Crippen LogP contribution >= 0.6 is 0 Å². The van der Waals surface area contributed by atoms with E-state index in [0.29, 0.717) is 28.1 Å². The number of anilines is 2. The van der Waals surface area contributed by atoms with Gasteiger partial charge in [-0.2, -0.15) is 0 Å². The van der Waals surface area contributed by atoms with Crippen LogP contribution in [-0.4, -0.2) is 30.7 Å². The second-order valence-corrected chi connectivity index (χ2v) is 6.31. The van der Waals surface area contributed by atoms with Gasteiger partial charge in [0.1, 0.15) is 6.54 Å². The van der Waals surface area contributed by atoms with Crippen LogP contribution in [0.15, 0.2) is 47.1 Å². The van der Waals surface area contributed by atoms with Gasteiger partial charge in [0, 0.05) is 17.3 Å². The van der Waals surface area contributed by atoms with Crippen molar-refractivity contribution in [2.24, 2.45) is 0 Å². The summed E-state index contributed by atoms with van der Waals surface area (Å²) in [4.78, 5) is 27.6. The predicted octanol–water partition coefficient (Wildman–Crippen LogP) is 2.52. The second kappa shape index (κ2) is 7.03. The molecule has 1 amide bonds. The Morgan fingerprint density at radius 3 is 2.76 bits per heavy atom. The number of nitrogens with zero attached hydrogens (tertiary/aromatic N) is 5. The summed E-state index contributed by atoms with van der Waals surface area (Å²) in [5, 5.41) is 21.0. The molecule has 11 nitrogen and oxygen atoms in total. The second-order valence-electron chi connectivity index (χ2n) is 6.31. The van der Waals surface area contributed by atoms with E-state index < -0.39 is 4.92 Å². The quantitative estimate of drug-likeness (QED) is 0.387. The molecule has 0 radical (unpaired) electrons.